The fraction of sp³-hybridized carbons (Fsp3) is 0.467. The number of rotatable bonds is 2. The average molecular weight is 296 g/mol. The maximum atomic E-state index is 12.0. The number of pyridine rings is 1. The Kier molecular flexibility index (Phi) is 4.81. The standard InChI is InChI=1S/C15H21N3O.ClH/c1-9-6-11-13(10(2)8-16-11)18-14(9)17-12(19)7-15(3,4)5;/h6,8,16H,7H2,1-5H3,(H,17,18,19);1H. The SMILES string of the molecule is Cc1cc2[nH]cc(C)c2nc1NC(=O)CC(C)(C)C.Cl. The highest BCUT2D eigenvalue weighted by atomic mass is 35.5. The van der Waals surface area contributed by atoms with E-state index in [-0.39, 0.29) is 23.7 Å². The zero-order valence-corrected chi connectivity index (χ0v) is 13.4. The van der Waals surface area contributed by atoms with Crippen molar-refractivity contribution in [1.82, 2.24) is 9.97 Å². The van der Waals surface area contributed by atoms with Crippen molar-refractivity contribution < 1.29 is 4.79 Å². The molecule has 0 aliphatic rings. The third-order valence-electron chi connectivity index (χ3n) is 2.98. The molecule has 5 heteroatoms. The normalized spacial score (nSPS) is 11.2. The molecule has 0 atom stereocenters. The molecule has 1 amide bonds. The van der Waals surface area contributed by atoms with Crippen molar-refractivity contribution in [3.05, 3.63) is 23.4 Å². The number of nitrogens with zero attached hydrogens (tertiary/aromatic N) is 1. The van der Waals surface area contributed by atoms with Crippen LogP contribution in [0.5, 0.6) is 0 Å². The van der Waals surface area contributed by atoms with Crippen LogP contribution in [0.3, 0.4) is 0 Å². The monoisotopic (exact) mass is 295 g/mol. The minimum absolute atomic E-state index is 0. The van der Waals surface area contributed by atoms with Gasteiger partial charge in [0.25, 0.3) is 0 Å². The van der Waals surface area contributed by atoms with Gasteiger partial charge in [0.1, 0.15) is 5.82 Å². The summed E-state index contributed by atoms with van der Waals surface area (Å²) in [5, 5.41) is 2.91. The summed E-state index contributed by atoms with van der Waals surface area (Å²) >= 11 is 0. The van der Waals surface area contributed by atoms with Crippen LogP contribution in [0.25, 0.3) is 11.0 Å². The molecule has 2 N–H and O–H groups in total. The van der Waals surface area contributed by atoms with Crippen LogP contribution in [0.1, 0.15) is 38.3 Å². The van der Waals surface area contributed by atoms with E-state index in [1.807, 2.05) is 46.9 Å². The highest BCUT2D eigenvalue weighted by Gasteiger charge is 2.17. The number of H-pyrrole nitrogens is 1. The van der Waals surface area contributed by atoms with E-state index < -0.39 is 0 Å². The summed E-state index contributed by atoms with van der Waals surface area (Å²) in [5.74, 6) is 0.667. The topological polar surface area (TPSA) is 57.8 Å². The molecule has 0 unspecified atom stereocenters. The summed E-state index contributed by atoms with van der Waals surface area (Å²) < 4.78 is 0. The van der Waals surface area contributed by atoms with Crippen molar-refractivity contribution in [2.24, 2.45) is 5.41 Å². The second-order valence-electron chi connectivity index (χ2n) is 6.31. The number of nitrogens with one attached hydrogen (secondary N) is 2. The number of amides is 1. The zero-order valence-electron chi connectivity index (χ0n) is 12.6. The third kappa shape index (κ3) is 3.73. The highest BCUT2D eigenvalue weighted by molar-refractivity contribution is 5.92. The van der Waals surface area contributed by atoms with Crippen molar-refractivity contribution >= 4 is 35.2 Å². The third-order valence-corrected chi connectivity index (χ3v) is 2.98. The lowest BCUT2D eigenvalue weighted by Gasteiger charge is -2.17. The number of anilines is 1. The van der Waals surface area contributed by atoms with Crippen LogP contribution in [-0.2, 0) is 4.79 Å². The first kappa shape index (κ1) is 16.5. The van der Waals surface area contributed by atoms with Crippen molar-refractivity contribution in [2.45, 2.75) is 41.0 Å². The first-order chi connectivity index (χ1) is 8.76. The van der Waals surface area contributed by atoms with Gasteiger partial charge in [-0.3, -0.25) is 4.79 Å². The Balaban J connectivity index is 0.00000200. The summed E-state index contributed by atoms with van der Waals surface area (Å²) in [6.07, 6.45) is 2.41. The number of carbonyl (C=O) groups is 1. The van der Waals surface area contributed by atoms with E-state index in [9.17, 15) is 4.79 Å². The molecule has 0 fully saturated rings. The molecule has 0 saturated carbocycles. The molecule has 2 rings (SSSR count). The quantitative estimate of drug-likeness (QED) is 0.880. The van der Waals surface area contributed by atoms with E-state index >= 15 is 0 Å². The lowest BCUT2D eigenvalue weighted by molar-refractivity contribution is -0.117. The van der Waals surface area contributed by atoms with E-state index in [2.05, 4.69) is 15.3 Å². The van der Waals surface area contributed by atoms with Gasteiger partial charge >= 0.3 is 0 Å². The van der Waals surface area contributed by atoms with E-state index in [1.165, 1.54) is 0 Å². The Morgan fingerprint density at radius 2 is 1.95 bits per heavy atom. The predicted octanol–water partition coefficient (Wildman–Crippen LogP) is 3.98. The Bertz CT molecular complexity index is 626. The van der Waals surface area contributed by atoms with Gasteiger partial charge in [-0.15, -0.1) is 12.4 Å². The fourth-order valence-corrected chi connectivity index (χ4v) is 2.06. The van der Waals surface area contributed by atoms with Crippen LogP contribution < -0.4 is 5.32 Å². The van der Waals surface area contributed by atoms with Crippen LogP contribution in [0, 0.1) is 19.3 Å². The maximum Gasteiger partial charge on any atom is 0.226 e. The number of halogens is 1. The van der Waals surface area contributed by atoms with Gasteiger partial charge in [0.15, 0.2) is 0 Å². The molecule has 2 heterocycles. The van der Waals surface area contributed by atoms with Gasteiger partial charge in [0.2, 0.25) is 5.91 Å². The van der Waals surface area contributed by atoms with Crippen LogP contribution in [0.4, 0.5) is 5.82 Å². The van der Waals surface area contributed by atoms with Crippen molar-refractivity contribution in [1.29, 1.82) is 0 Å². The van der Waals surface area contributed by atoms with Gasteiger partial charge in [-0.25, -0.2) is 4.98 Å². The molecule has 2 aromatic heterocycles. The summed E-state index contributed by atoms with van der Waals surface area (Å²) in [5.41, 5.74) is 3.95. The minimum atomic E-state index is -0.0217. The van der Waals surface area contributed by atoms with E-state index in [4.69, 9.17) is 0 Å². The van der Waals surface area contributed by atoms with Gasteiger partial charge in [-0.1, -0.05) is 20.8 Å². The predicted molar refractivity (Wildman–Crippen MR) is 85.5 cm³/mol. The first-order valence-electron chi connectivity index (χ1n) is 6.51. The summed E-state index contributed by atoms with van der Waals surface area (Å²) in [7, 11) is 0. The number of aromatic nitrogens is 2. The molecular formula is C15H22ClN3O. The Hall–Kier alpha value is -1.55. The molecule has 0 bridgehead atoms. The second kappa shape index (κ2) is 5.83. The lowest BCUT2D eigenvalue weighted by atomic mass is 9.92. The number of hydrogen-bond acceptors (Lipinski definition) is 2. The first-order valence-corrected chi connectivity index (χ1v) is 6.51. The molecule has 0 aliphatic heterocycles. The maximum absolute atomic E-state index is 12.0. The summed E-state index contributed by atoms with van der Waals surface area (Å²) in [6.45, 7) is 10.1. The number of aromatic amines is 1. The molecule has 4 nitrogen and oxygen atoms in total. The molecule has 0 radical (unpaired) electrons. The van der Waals surface area contributed by atoms with Crippen LogP contribution in [0.2, 0.25) is 0 Å². The molecule has 0 spiro atoms. The molecule has 20 heavy (non-hydrogen) atoms. The molecule has 2 aromatic rings. The molecular weight excluding hydrogens is 274 g/mol. The minimum Gasteiger partial charge on any atom is -0.360 e. The largest absolute Gasteiger partial charge is 0.360 e. The Morgan fingerprint density at radius 1 is 1.30 bits per heavy atom. The van der Waals surface area contributed by atoms with Crippen LogP contribution in [0.15, 0.2) is 12.3 Å². The van der Waals surface area contributed by atoms with E-state index in [1.54, 1.807) is 0 Å². The summed E-state index contributed by atoms with van der Waals surface area (Å²) in [4.78, 5) is 19.7. The van der Waals surface area contributed by atoms with Crippen molar-refractivity contribution in [3.8, 4) is 0 Å². The lowest BCUT2D eigenvalue weighted by Crippen LogP contribution is -2.20. The highest BCUT2D eigenvalue weighted by Crippen LogP contribution is 2.23. The van der Waals surface area contributed by atoms with Gasteiger partial charge in [-0.2, -0.15) is 0 Å². The smallest absolute Gasteiger partial charge is 0.226 e. The number of fused-ring (bicyclic) bond motifs is 1. The van der Waals surface area contributed by atoms with Crippen LogP contribution in [-0.4, -0.2) is 15.9 Å². The molecule has 0 aromatic carbocycles. The molecule has 0 saturated heterocycles. The van der Waals surface area contributed by atoms with Gasteiger partial charge in [-0.05, 0) is 36.5 Å². The van der Waals surface area contributed by atoms with Crippen molar-refractivity contribution in [2.75, 3.05) is 5.32 Å². The van der Waals surface area contributed by atoms with Crippen LogP contribution >= 0.6 is 12.4 Å². The number of aryl methyl sites for hydroxylation is 2. The number of hydrogen-bond donors (Lipinski definition) is 2. The number of carbonyl (C=O) groups excluding carboxylic acids is 1. The van der Waals surface area contributed by atoms with Gasteiger partial charge in [0.05, 0.1) is 11.0 Å². The molecule has 110 valence electrons. The van der Waals surface area contributed by atoms with E-state index in [0.29, 0.717) is 12.2 Å². The average Bonchev–Trinajstić information content (AvgIpc) is 2.58. The molecule has 0 aliphatic carbocycles. The summed E-state index contributed by atoms with van der Waals surface area (Å²) in [6, 6.07) is 2.02. The van der Waals surface area contributed by atoms with Gasteiger partial charge < -0.3 is 10.3 Å². The van der Waals surface area contributed by atoms with E-state index in [0.717, 1.165) is 22.2 Å². The van der Waals surface area contributed by atoms with Crippen molar-refractivity contribution in [3.63, 3.8) is 0 Å². The zero-order chi connectivity index (χ0) is 14.2. The van der Waals surface area contributed by atoms with Gasteiger partial charge in [0, 0.05) is 12.6 Å². The second-order valence-corrected chi connectivity index (χ2v) is 6.31. The fourth-order valence-electron chi connectivity index (χ4n) is 2.06. The Morgan fingerprint density at radius 3 is 2.55 bits per heavy atom. The Labute approximate surface area is 125 Å².